The number of rotatable bonds is 4. The normalized spacial score (nSPS) is 18.0. The molecule has 5 heteroatoms. The van der Waals surface area contributed by atoms with Crippen LogP contribution in [0.2, 0.25) is 0 Å². The summed E-state index contributed by atoms with van der Waals surface area (Å²) in [6.07, 6.45) is 1.09. The van der Waals surface area contributed by atoms with Gasteiger partial charge in [-0.3, -0.25) is 4.79 Å². The van der Waals surface area contributed by atoms with Crippen molar-refractivity contribution in [1.82, 2.24) is 10.3 Å². The highest BCUT2D eigenvalue weighted by molar-refractivity contribution is 6.06. The zero-order valence-electron chi connectivity index (χ0n) is 12.2. The van der Waals surface area contributed by atoms with Gasteiger partial charge >= 0.3 is 0 Å². The van der Waals surface area contributed by atoms with Gasteiger partial charge in [-0.15, -0.1) is 0 Å². The van der Waals surface area contributed by atoms with Gasteiger partial charge in [0.1, 0.15) is 5.82 Å². The molecule has 0 saturated carbocycles. The van der Waals surface area contributed by atoms with Crippen LogP contribution in [0.25, 0.3) is 10.9 Å². The molecule has 1 atom stereocenters. The topological polar surface area (TPSA) is 71.2 Å². The van der Waals surface area contributed by atoms with Crippen LogP contribution < -0.4 is 16.0 Å². The number of hydrogen-bond acceptors (Lipinski definition) is 4. The third kappa shape index (κ3) is 2.56. The van der Waals surface area contributed by atoms with Crippen LogP contribution in [0.3, 0.4) is 0 Å². The van der Waals surface area contributed by atoms with E-state index in [0.717, 1.165) is 42.8 Å². The second kappa shape index (κ2) is 5.69. The van der Waals surface area contributed by atoms with E-state index in [9.17, 15) is 4.79 Å². The lowest BCUT2D eigenvalue weighted by Crippen LogP contribution is -2.37. The number of carbonyl (C=O) groups is 1. The van der Waals surface area contributed by atoms with E-state index < -0.39 is 5.91 Å². The summed E-state index contributed by atoms with van der Waals surface area (Å²) in [6.45, 7) is 4.95. The number of primary amides is 1. The van der Waals surface area contributed by atoms with E-state index in [1.54, 1.807) is 0 Å². The summed E-state index contributed by atoms with van der Waals surface area (Å²) in [5, 5.41) is 4.18. The first-order valence-corrected chi connectivity index (χ1v) is 7.37. The van der Waals surface area contributed by atoms with Crippen LogP contribution in [0.5, 0.6) is 0 Å². The van der Waals surface area contributed by atoms with E-state index in [-0.39, 0.29) is 0 Å². The van der Waals surface area contributed by atoms with Crippen molar-refractivity contribution in [2.24, 2.45) is 5.73 Å². The van der Waals surface area contributed by atoms with Gasteiger partial charge in [-0.25, -0.2) is 4.98 Å². The van der Waals surface area contributed by atoms with Gasteiger partial charge in [-0.05, 0) is 32.0 Å². The molecule has 1 aliphatic rings. The van der Waals surface area contributed by atoms with Crippen molar-refractivity contribution in [3.05, 3.63) is 35.9 Å². The standard InChI is InChI=1S/C16H20N4O/c1-2-20(11-7-8-18-10-11)15-9-13(16(17)21)12-5-3-4-6-14(12)19-15/h3-6,9,11,18H,2,7-8,10H2,1H3,(H2,17,21). The average molecular weight is 284 g/mol. The number of likely N-dealkylation sites (N-methyl/N-ethyl adjacent to an activating group) is 1. The van der Waals surface area contributed by atoms with Gasteiger partial charge in [0.25, 0.3) is 0 Å². The molecule has 0 radical (unpaired) electrons. The summed E-state index contributed by atoms with van der Waals surface area (Å²) in [4.78, 5) is 18.7. The summed E-state index contributed by atoms with van der Waals surface area (Å²) in [6, 6.07) is 9.88. The Bertz CT molecular complexity index is 664. The van der Waals surface area contributed by atoms with Gasteiger partial charge in [0, 0.05) is 24.5 Å². The molecule has 0 bridgehead atoms. The Hall–Kier alpha value is -2.14. The van der Waals surface area contributed by atoms with E-state index in [1.165, 1.54) is 0 Å². The molecule has 3 N–H and O–H groups in total. The van der Waals surface area contributed by atoms with Gasteiger partial charge in [-0.1, -0.05) is 18.2 Å². The molecular formula is C16H20N4O. The van der Waals surface area contributed by atoms with Crippen LogP contribution in [0, 0.1) is 0 Å². The molecule has 3 rings (SSSR count). The Labute approximate surface area is 124 Å². The molecule has 1 unspecified atom stereocenters. The fourth-order valence-electron chi connectivity index (χ4n) is 3.03. The van der Waals surface area contributed by atoms with Crippen LogP contribution in [-0.4, -0.2) is 36.6 Å². The lowest BCUT2D eigenvalue weighted by molar-refractivity contribution is 0.100. The van der Waals surface area contributed by atoms with Crippen LogP contribution >= 0.6 is 0 Å². The minimum Gasteiger partial charge on any atom is -0.366 e. The van der Waals surface area contributed by atoms with Gasteiger partial charge in [0.05, 0.1) is 11.1 Å². The van der Waals surface area contributed by atoms with Crippen molar-refractivity contribution < 1.29 is 4.79 Å². The number of nitrogens with zero attached hydrogens (tertiary/aromatic N) is 2. The van der Waals surface area contributed by atoms with Crippen molar-refractivity contribution in [1.29, 1.82) is 0 Å². The largest absolute Gasteiger partial charge is 0.366 e. The minimum atomic E-state index is -0.407. The van der Waals surface area contributed by atoms with E-state index in [0.29, 0.717) is 11.6 Å². The molecule has 110 valence electrons. The number of hydrogen-bond donors (Lipinski definition) is 2. The minimum absolute atomic E-state index is 0.407. The Balaban J connectivity index is 2.11. The maximum atomic E-state index is 11.8. The Kier molecular flexibility index (Phi) is 3.75. The molecule has 0 spiro atoms. The monoisotopic (exact) mass is 284 g/mol. The number of amides is 1. The number of para-hydroxylation sites is 1. The highest BCUT2D eigenvalue weighted by Gasteiger charge is 2.23. The summed E-state index contributed by atoms with van der Waals surface area (Å²) in [7, 11) is 0. The van der Waals surface area contributed by atoms with Crippen LogP contribution in [0.4, 0.5) is 5.82 Å². The van der Waals surface area contributed by atoms with E-state index in [2.05, 4.69) is 17.1 Å². The number of aromatic nitrogens is 1. The molecule has 21 heavy (non-hydrogen) atoms. The Morgan fingerprint density at radius 2 is 2.29 bits per heavy atom. The van der Waals surface area contributed by atoms with Gasteiger partial charge in [-0.2, -0.15) is 0 Å². The van der Waals surface area contributed by atoms with Crippen LogP contribution in [0.15, 0.2) is 30.3 Å². The summed E-state index contributed by atoms with van der Waals surface area (Å²) in [5.41, 5.74) is 6.90. The maximum Gasteiger partial charge on any atom is 0.249 e. The SMILES string of the molecule is CCN(c1cc(C(N)=O)c2ccccc2n1)C1CCNC1. The van der Waals surface area contributed by atoms with Crippen LogP contribution in [0.1, 0.15) is 23.7 Å². The number of fused-ring (bicyclic) bond motifs is 1. The molecule has 1 aromatic carbocycles. The molecule has 1 aromatic heterocycles. The van der Waals surface area contributed by atoms with Crippen molar-refractivity contribution >= 4 is 22.6 Å². The second-order valence-electron chi connectivity index (χ2n) is 5.34. The molecule has 2 aromatic rings. The van der Waals surface area contributed by atoms with Crippen molar-refractivity contribution in [3.63, 3.8) is 0 Å². The average Bonchev–Trinajstić information content (AvgIpc) is 3.01. The molecular weight excluding hydrogens is 264 g/mol. The number of nitrogens with two attached hydrogens (primary N) is 1. The number of anilines is 1. The van der Waals surface area contributed by atoms with Crippen molar-refractivity contribution in [2.45, 2.75) is 19.4 Å². The van der Waals surface area contributed by atoms with Gasteiger partial charge < -0.3 is 16.0 Å². The fourth-order valence-corrected chi connectivity index (χ4v) is 3.03. The van der Waals surface area contributed by atoms with E-state index in [1.807, 2.05) is 30.3 Å². The maximum absolute atomic E-state index is 11.8. The third-order valence-electron chi connectivity index (χ3n) is 4.08. The number of pyridine rings is 1. The van der Waals surface area contributed by atoms with Crippen LogP contribution in [-0.2, 0) is 0 Å². The highest BCUT2D eigenvalue weighted by Crippen LogP contribution is 2.25. The third-order valence-corrected chi connectivity index (χ3v) is 4.08. The predicted octanol–water partition coefficient (Wildman–Crippen LogP) is 1.52. The Morgan fingerprint density at radius 1 is 1.48 bits per heavy atom. The molecule has 1 aliphatic heterocycles. The smallest absolute Gasteiger partial charge is 0.249 e. The highest BCUT2D eigenvalue weighted by atomic mass is 16.1. The first-order chi connectivity index (χ1) is 10.2. The first kappa shape index (κ1) is 13.8. The fraction of sp³-hybridized carbons (Fsp3) is 0.375. The molecule has 1 amide bonds. The number of benzene rings is 1. The van der Waals surface area contributed by atoms with E-state index >= 15 is 0 Å². The quantitative estimate of drug-likeness (QED) is 0.893. The van der Waals surface area contributed by atoms with Crippen molar-refractivity contribution in [2.75, 3.05) is 24.5 Å². The lowest BCUT2D eigenvalue weighted by atomic mass is 10.1. The molecule has 1 fully saturated rings. The second-order valence-corrected chi connectivity index (χ2v) is 5.34. The van der Waals surface area contributed by atoms with Gasteiger partial charge in [0.2, 0.25) is 5.91 Å². The molecule has 2 heterocycles. The van der Waals surface area contributed by atoms with Crippen molar-refractivity contribution in [3.8, 4) is 0 Å². The van der Waals surface area contributed by atoms with E-state index in [4.69, 9.17) is 10.7 Å². The summed E-state index contributed by atoms with van der Waals surface area (Å²) < 4.78 is 0. The lowest BCUT2D eigenvalue weighted by Gasteiger charge is -2.28. The van der Waals surface area contributed by atoms with Gasteiger partial charge in [0.15, 0.2) is 0 Å². The molecule has 5 nitrogen and oxygen atoms in total. The molecule has 1 saturated heterocycles. The first-order valence-electron chi connectivity index (χ1n) is 7.37. The predicted molar refractivity (Wildman–Crippen MR) is 84.6 cm³/mol. The Morgan fingerprint density at radius 3 is 2.95 bits per heavy atom. The summed E-state index contributed by atoms with van der Waals surface area (Å²) >= 11 is 0. The molecule has 0 aliphatic carbocycles. The zero-order valence-corrected chi connectivity index (χ0v) is 12.2. The zero-order chi connectivity index (χ0) is 14.8. The number of carbonyl (C=O) groups excluding carboxylic acids is 1. The summed E-state index contributed by atoms with van der Waals surface area (Å²) in [5.74, 6) is 0.425. The number of nitrogens with one attached hydrogen (secondary N) is 1.